The van der Waals surface area contributed by atoms with Crippen LogP contribution in [-0.2, 0) is 38.8 Å². The van der Waals surface area contributed by atoms with Crippen LogP contribution in [0.3, 0.4) is 0 Å². The van der Waals surface area contributed by atoms with Gasteiger partial charge in [-0.3, -0.25) is 13.9 Å². The van der Waals surface area contributed by atoms with Gasteiger partial charge in [0, 0.05) is 19.5 Å². The Balaban J connectivity index is 1.84. The molecular weight excluding hydrogens is 646 g/mol. The highest BCUT2D eigenvalue weighted by Crippen LogP contribution is 2.33. The summed E-state index contributed by atoms with van der Waals surface area (Å²) in [7, 11) is -4.60. The summed E-state index contributed by atoms with van der Waals surface area (Å²) in [6.45, 7) is 4.69. The lowest BCUT2D eigenvalue weighted by Crippen LogP contribution is -2.53. The molecule has 0 aliphatic heterocycles. The lowest BCUT2D eigenvalue weighted by Gasteiger charge is -2.34. The third kappa shape index (κ3) is 9.43. The van der Waals surface area contributed by atoms with Crippen molar-refractivity contribution in [1.29, 1.82) is 0 Å². The van der Waals surface area contributed by atoms with E-state index < -0.39 is 52.0 Å². The summed E-state index contributed by atoms with van der Waals surface area (Å²) in [5.74, 6) is -1.81. The third-order valence-electron chi connectivity index (χ3n) is 7.57. The molecule has 0 radical (unpaired) electrons. The maximum atomic E-state index is 14.4. The third-order valence-corrected chi connectivity index (χ3v) is 9.36. The van der Waals surface area contributed by atoms with Crippen LogP contribution >= 0.6 is 0 Å². The van der Waals surface area contributed by atoms with Crippen molar-refractivity contribution in [3.8, 4) is 0 Å². The number of benzene rings is 4. The Morgan fingerprint density at radius 1 is 0.833 bits per heavy atom. The molecule has 2 amide bonds. The molecule has 0 bridgehead atoms. The molecule has 12 heteroatoms. The van der Waals surface area contributed by atoms with Crippen LogP contribution in [0.15, 0.2) is 108 Å². The largest absolute Gasteiger partial charge is 0.416 e. The zero-order valence-electron chi connectivity index (χ0n) is 26.7. The van der Waals surface area contributed by atoms with Gasteiger partial charge < -0.3 is 10.2 Å². The number of alkyl halides is 3. The minimum Gasteiger partial charge on any atom is -0.354 e. The molecule has 0 saturated carbocycles. The summed E-state index contributed by atoms with van der Waals surface area (Å²) in [6.07, 6.45) is -4.74. The summed E-state index contributed by atoms with van der Waals surface area (Å²) < 4.78 is 83.9. The van der Waals surface area contributed by atoms with Crippen LogP contribution in [0.1, 0.15) is 36.1 Å². The highest BCUT2D eigenvalue weighted by molar-refractivity contribution is 7.92. The van der Waals surface area contributed by atoms with Gasteiger partial charge in [-0.1, -0.05) is 80.1 Å². The molecule has 0 aromatic heterocycles. The number of halogens is 4. The smallest absolute Gasteiger partial charge is 0.354 e. The van der Waals surface area contributed by atoms with E-state index in [1.54, 1.807) is 37.3 Å². The first-order valence-electron chi connectivity index (χ1n) is 15.3. The second-order valence-electron chi connectivity index (χ2n) is 11.9. The van der Waals surface area contributed by atoms with Crippen molar-refractivity contribution in [2.24, 2.45) is 5.92 Å². The van der Waals surface area contributed by atoms with Crippen molar-refractivity contribution in [2.45, 2.75) is 50.9 Å². The number of amides is 2. The Morgan fingerprint density at radius 3 is 2.08 bits per heavy atom. The number of aryl methyl sites for hydroxylation is 1. The van der Waals surface area contributed by atoms with Gasteiger partial charge in [0.25, 0.3) is 10.0 Å². The van der Waals surface area contributed by atoms with Crippen molar-refractivity contribution in [3.05, 3.63) is 131 Å². The predicted molar refractivity (Wildman–Crippen MR) is 176 cm³/mol. The molecule has 7 nitrogen and oxygen atoms in total. The number of hydrogen-bond acceptors (Lipinski definition) is 4. The number of anilines is 1. The molecule has 1 atom stereocenters. The Hall–Kier alpha value is -4.71. The van der Waals surface area contributed by atoms with E-state index >= 15 is 0 Å². The summed E-state index contributed by atoms with van der Waals surface area (Å²) in [5.41, 5.74) is 0.420. The summed E-state index contributed by atoms with van der Waals surface area (Å²) in [5, 5.41) is 2.85. The SMILES string of the molecule is Cc1ccc(S(=O)(=O)N(CC(=O)N(Cc2ccc(F)cc2)C(Cc2ccccc2)C(=O)NCC(C)C)c2cccc(C(F)(F)F)c2)cc1. The van der Waals surface area contributed by atoms with E-state index in [1.807, 2.05) is 13.8 Å². The fourth-order valence-corrected chi connectivity index (χ4v) is 6.37. The van der Waals surface area contributed by atoms with Crippen LogP contribution < -0.4 is 9.62 Å². The molecule has 1 unspecified atom stereocenters. The van der Waals surface area contributed by atoms with Gasteiger partial charge in [0.05, 0.1) is 16.1 Å². The minimum absolute atomic E-state index is 0.0476. The van der Waals surface area contributed by atoms with Gasteiger partial charge in [-0.15, -0.1) is 0 Å². The summed E-state index contributed by atoms with van der Waals surface area (Å²) >= 11 is 0. The van der Waals surface area contributed by atoms with E-state index in [9.17, 15) is 35.6 Å². The van der Waals surface area contributed by atoms with Crippen LogP contribution in [-0.4, -0.2) is 44.3 Å². The van der Waals surface area contributed by atoms with Gasteiger partial charge in [0.1, 0.15) is 18.4 Å². The number of nitrogens with one attached hydrogen (secondary N) is 1. The van der Waals surface area contributed by atoms with Gasteiger partial charge in [-0.25, -0.2) is 12.8 Å². The highest BCUT2D eigenvalue weighted by atomic mass is 32.2. The van der Waals surface area contributed by atoms with E-state index in [2.05, 4.69) is 5.32 Å². The molecule has 254 valence electrons. The van der Waals surface area contributed by atoms with Crippen LogP contribution in [0.25, 0.3) is 0 Å². The van der Waals surface area contributed by atoms with Crippen molar-refractivity contribution < 1.29 is 35.6 Å². The zero-order valence-corrected chi connectivity index (χ0v) is 27.6. The van der Waals surface area contributed by atoms with Gasteiger partial charge in [0.15, 0.2) is 0 Å². The monoisotopic (exact) mass is 683 g/mol. The first kappa shape index (κ1) is 36.1. The zero-order chi connectivity index (χ0) is 35.1. The standard InChI is InChI=1S/C36H37F4N3O4S/c1-25(2)22-41-35(45)33(20-27-8-5-4-6-9-27)42(23-28-14-16-30(37)17-15-28)34(44)24-43(31-11-7-10-29(21-31)36(38,39)40)48(46,47)32-18-12-26(3)13-19-32/h4-19,21,25,33H,20,22-24H2,1-3H3,(H,41,45). The van der Waals surface area contributed by atoms with Crippen LogP contribution in [0.4, 0.5) is 23.2 Å². The van der Waals surface area contributed by atoms with Gasteiger partial charge in [0.2, 0.25) is 11.8 Å². The average Bonchev–Trinajstić information content (AvgIpc) is 3.05. The summed E-state index contributed by atoms with van der Waals surface area (Å²) in [4.78, 5) is 29.2. The first-order valence-corrected chi connectivity index (χ1v) is 16.7. The number of carbonyl (C=O) groups is 2. The van der Waals surface area contributed by atoms with Crippen molar-refractivity contribution in [1.82, 2.24) is 10.2 Å². The molecule has 0 aliphatic rings. The maximum absolute atomic E-state index is 14.4. The molecule has 0 aliphatic carbocycles. The van der Waals surface area contributed by atoms with Crippen molar-refractivity contribution in [2.75, 3.05) is 17.4 Å². The fourth-order valence-electron chi connectivity index (χ4n) is 4.97. The average molecular weight is 684 g/mol. The predicted octanol–water partition coefficient (Wildman–Crippen LogP) is 6.76. The Labute approximate surface area is 278 Å². The quantitative estimate of drug-likeness (QED) is 0.158. The lowest BCUT2D eigenvalue weighted by atomic mass is 10.0. The Kier molecular flexibility index (Phi) is 11.6. The molecule has 4 rings (SSSR count). The highest BCUT2D eigenvalue weighted by Gasteiger charge is 2.36. The van der Waals surface area contributed by atoms with E-state index in [1.165, 1.54) is 59.5 Å². The molecule has 0 spiro atoms. The van der Waals surface area contributed by atoms with Crippen LogP contribution in [0, 0.1) is 18.7 Å². The van der Waals surface area contributed by atoms with E-state index in [-0.39, 0.29) is 29.5 Å². The van der Waals surface area contributed by atoms with E-state index in [0.29, 0.717) is 28.0 Å². The second-order valence-corrected chi connectivity index (χ2v) is 13.7. The minimum atomic E-state index is -4.79. The topological polar surface area (TPSA) is 86.8 Å². The molecule has 1 N–H and O–H groups in total. The molecule has 48 heavy (non-hydrogen) atoms. The van der Waals surface area contributed by atoms with Gasteiger partial charge in [-0.05, 0) is 66.4 Å². The van der Waals surface area contributed by atoms with Crippen molar-refractivity contribution >= 4 is 27.5 Å². The van der Waals surface area contributed by atoms with Gasteiger partial charge >= 0.3 is 6.18 Å². The first-order chi connectivity index (χ1) is 22.6. The molecule has 0 heterocycles. The summed E-state index contributed by atoms with van der Waals surface area (Å²) in [6, 6.07) is 22.4. The van der Waals surface area contributed by atoms with E-state index in [0.717, 1.165) is 17.7 Å². The Morgan fingerprint density at radius 2 is 1.48 bits per heavy atom. The van der Waals surface area contributed by atoms with Crippen molar-refractivity contribution in [3.63, 3.8) is 0 Å². The number of rotatable bonds is 13. The molecule has 4 aromatic carbocycles. The fraction of sp³-hybridized carbons (Fsp3) is 0.278. The number of hydrogen-bond donors (Lipinski definition) is 1. The molecule has 4 aromatic rings. The molecule has 0 saturated heterocycles. The number of carbonyl (C=O) groups excluding carboxylic acids is 2. The normalized spacial score (nSPS) is 12.4. The van der Waals surface area contributed by atoms with E-state index in [4.69, 9.17) is 0 Å². The molecular formula is C36H37F4N3O4S. The molecule has 0 fully saturated rings. The maximum Gasteiger partial charge on any atom is 0.416 e. The van der Waals surface area contributed by atoms with Crippen LogP contribution in [0.5, 0.6) is 0 Å². The van der Waals surface area contributed by atoms with Crippen LogP contribution in [0.2, 0.25) is 0 Å². The number of nitrogens with zero attached hydrogens (tertiary/aromatic N) is 2. The van der Waals surface area contributed by atoms with Gasteiger partial charge in [-0.2, -0.15) is 13.2 Å². The number of sulfonamides is 1. The lowest BCUT2D eigenvalue weighted by molar-refractivity contribution is -0.140. The second kappa shape index (κ2) is 15.5. The Bertz CT molecular complexity index is 1800.